The summed E-state index contributed by atoms with van der Waals surface area (Å²) in [5.74, 6) is -0.136. The van der Waals surface area contributed by atoms with Gasteiger partial charge in [-0.2, -0.15) is 0 Å². The molecule has 0 unspecified atom stereocenters. The molecular formula is C14H20N2O4S. The first-order valence-electron chi connectivity index (χ1n) is 6.77. The van der Waals surface area contributed by atoms with Gasteiger partial charge in [0.1, 0.15) is 0 Å². The number of anilines is 1. The number of carbonyl (C=O) groups is 1. The van der Waals surface area contributed by atoms with Gasteiger partial charge in [0.05, 0.1) is 10.3 Å². The topological polar surface area (TPSA) is 95.5 Å². The smallest absolute Gasteiger partial charge is 0.240 e. The van der Waals surface area contributed by atoms with Crippen molar-refractivity contribution in [3.63, 3.8) is 0 Å². The van der Waals surface area contributed by atoms with Crippen LogP contribution in [0.25, 0.3) is 0 Å². The number of sulfonamides is 1. The number of nitrogens with one attached hydrogen (secondary N) is 2. The first-order valence-corrected chi connectivity index (χ1v) is 8.25. The maximum atomic E-state index is 12.3. The Morgan fingerprint density at radius 2 is 2.00 bits per heavy atom. The Bertz CT molecular complexity index is 680. The highest BCUT2D eigenvalue weighted by Crippen LogP contribution is 2.40. The van der Waals surface area contributed by atoms with Crippen LogP contribution in [0.15, 0.2) is 17.0 Å². The van der Waals surface area contributed by atoms with Crippen molar-refractivity contribution in [2.45, 2.75) is 37.5 Å². The van der Waals surface area contributed by atoms with Gasteiger partial charge in [0.15, 0.2) is 0 Å². The SMILES string of the molecule is Cc1cc(S(=O)(=O)NCCCO)cc2c1NC(=O)C2(C)C. The van der Waals surface area contributed by atoms with Crippen molar-refractivity contribution in [1.82, 2.24) is 4.72 Å². The third-order valence-electron chi connectivity index (χ3n) is 3.73. The first-order chi connectivity index (χ1) is 9.70. The van der Waals surface area contributed by atoms with E-state index in [9.17, 15) is 13.2 Å². The molecule has 0 atom stereocenters. The number of amides is 1. The van der Waals surface area contributed by atoms with E-state index in [-0.39, 0.29) is 24.0 Å². The molecule has 0 aliphatic carbocycles. The number of aliphatic hydroxyl groups excluding tert-OH is 1. The van der Waals surface area contributed by atoms with Crippen LogP contribution in [0.2, 0.25) is 0 Å². The van der Waals surface area contributed by atoms with Crippen LogP contribution in [0.3, 0.4) is 0 Å². The molecule has 1 heterocycles. The number of carbonyl (C=O) groups excluding carboxylic acids is 1. The minimum absolute atomic E-state index is 0.0722. The predicted octanol–water partition coefficient (Wildman–Crippen LogP) is 0.885. The van der Waals surface area contributed by atoms with Crippen LogP contribution in [0.5, 0.6) is 0 Å². The first kappa shape index (κ1) is 15.9. The fourth-order valence-electron chi connectivity index (χ4n) is 2.33. The van der Waals surface area contributed by atoms with Crippen LogP contribution in [0.1, 0.15) is 31.4 Å². The average Bonchev–Trinajstić information content (AvgIpc) is 2.62. The Balaban J connectivity index is 2.43. The zero-order valence-electron chi connectivity index (χ0n) is 12.4. The van der Waals surface area contributed by atoms with Gasteiger partial charge in [0, 0.05) is 18.8 Å². The van der Waals surface area contributed by atoms with E-state index in [0.29, 0.717) is 23.2 Å². The van der Waals surface area contributed by atoms with E-state index in [1.165, 1.54) is 0 Å². The lowest BCUT2D eigenvalue weighted by Crippen LogP contribution is -2.28. The molecule has 7 heteroatoms. The van der Waals surface area contributed by atoms with Crippen molar-refractivity contribution >= 4 is 21.6 Å². The van der Waals surface area contributed by atoms with Crippen LogP contribution < -0.4 is 10.0 Å². The van der Waals surface area contributed by atoms with Gasteiger partial charge in [-0.15, -0.1) is 0 Å². The van der Waals surface area contributed by atoms with E-state index >= 15 is 0 Å². The Morgan fingerprint density at radius 1 is 1.33 bits per heavy atom. The molecule has 2 rings (SSSR count). The van der Waals surface area contributed by atoms with Gasteiger partial charge in [-0.05, 0) is 50.5 Å². The van der Waals surface area contributed by atoms with Crippen molar-refractivity contribution in [3.05, 3.63) is 23.3 Å². The lowest BCUT2D eigenvalue weighted by atomic mass is 9.85. The molecule has 1 aliphatic heterocycles. The Hall–Kier alpha value is -1.44. The summed E-state index contributed by atoms with van der Waals surface area (Å²) in [4.78, 5) is 12.1. The third-order valence-corrected chi connectivity index (χ3v) is 5.17. The summed E-state index contributed by atoms with van der Waals surface area (Å²) in [6.07, 6.45) is 0.356. The van der Waals surface area contributed by atoms with Crippen molar-refractivity contribution < 1.29 is 18.3 Å². The van der Waals surface area contributed by atoms with Gasteiger partial charge in [-0.3, -0.25) is 4.79 Å². The monoisotopic (exact) mass is 312 g/mol. The van der Waals surface area contributed by atoms with Gasteiger partial charge in [-0.25, -0.2) is 13.1 Å². The Labute approximate surface area is 124 Å². The van der Waals surface area contributed by atoms with Crippen molar-refractivity contribution in [1.29, 1.82) is 0 Å². The quantitative estimate of drug-likeness (QED) is 0.704. The van der Waals surface area contributed by atoms with Gasteiger partial charge in [0.25, 0.3) is 0 Å². The number of benzene rings is 1. The number of aliphatic hydroxyl groups is 1. The molecule has 6 nitrogen and oxygen atoms in total. The summed E-state index contributed by atoms with van der Waals surface area (Å²) >= 11 is 0. The van der Waals surface area contributed by atoms with Crippen molar-refractivity contribution in [3.8, 4) is 0 Å². The molecular weight excluding hydrogens is 292 g/mol. The predicted molar refractivity (Wildman–Crippen MR) is 79.7 cm³/mol. The molecule has 1 amide bonds. The van der Waals surface area contributed by atoms with Crippen LogP contribution in [-0.2, 0) is 20.2 Å². The maximum Gasteiger partial charge on any atom is 0.240 e. The summed E-state index contributed by atoms with van der Waals surface area (Å²) in [6, 6.07) is 3.09. The summed E-state index contributed by atoms with van der Waals surface area (Å²) in [5, 5.41) is 11.5. The average molecular weight is 312 g/mol. The Kier molecular flexibility index (Phi) is 4.10. The highest BCUT2D eigenvalue weighted by Gasteiger charge is 2.40. The molecule has 1 aromatic rings. The molecule has 3 N–H and O–H groups in total. The van der Waals surface area contributed by atoms with Crippen molar-refractivity contribution in [2.24, 2.45) is 0 Å². The van der Waals surface area contributed by atoms with Crippen molar-refractivity contribution in [2.75, 3.05) is 18.5 Å². The third kappa shape index (κ3) is 2.81. The lowest BCUT2D eigenvalue weighted by molar-refractivity contribution is -0.119. The normalized spacial score (nSPS) is 16.7. The van der Waals surface area contributed by atoms with Crippen LogP contribution in [0.4, 0.5) is 5.69 Å². The zero-order valence-corrected chi connectivity index (χ0v) is 13.2. The molecule has 21 heavy (non-hydrogen) atoms. The van der Waals surface area contributed by atoms with E-state index in [4.69, 9.17) is 5.11 Å². The number of hydrogen-bond donors (Lipinski definition) is 3. The molecule has 116 valence electrons. The maximum absolute atomic E-state index is 12.3. The number of hydrogen-bond acceptors (Lipinski definition) is 4. The molecule has 1 aliphatic rings. The molecule has 0 bridgehead atoms. The van der Waals surface area contributed by atoms with Crippen LogP contribution in [0, 0.1) is 6.92 Å². The Morgan fingerprint density at radius 3 is 2.62 bits per heavy atom. The van der Waals surface area contributed by atoms with E-state index in [1.807, 2.05) is 0 Å². The lowest BCUT2D eigenvalue weighted by Gasteiger charge is -2.17. The zero-order chi connectivity index (χ0) is 15.8. The molecule has 0 saturated heterocycles. The highest BCUT2D eigenvalue weighted by molar-refractivity contribution is 7.89. The summed E-state index contributed by atoms with van der Waals surface area (Å²) in [7, 11) is -3.64. The number of aryl methyl sites for hydroxylation is 1. The second-order valence-electron chi connectivity index (χ2n) is 5.72. The molecule has 0 saturated carbocycles. The highest BCUT2D eigenvalue weighted by atomic mass is 32.2. The van der Waals surface area contributed by atoms with Gasteiger partial charge < -0.3 is 10.4 Å². The van der Waals surface area contributed by atoms with E-state index in [0.717, 1.165) is 0 Å². The summed E-state index contributed by atoms with van der Waals surface area (Å²) in [6.45, 7) is 5.41. The second kappa shape index (κ2) is 5.40. The van der Waals surface area contributed by atoms with Crippen LogP contribution >= 0.6 is 0 Å². The summed E-state index contributed by atoms with van der Waals surface area (Å²) < 4.78 is 26.9. The summed E-state index contributed by atoms with van der Waals surface area (Å²) in [5.41, 5.74) is 1.35. The van der Waals surface area contributed by atoms with Gasteiger partial charge >= 0.3 is 0 Å². The van der Waals surface area contributed by atoms with E-state index in [1.54, 1.807) is 32.9 Å². The standard InChI is InChI=1S/C14H20N2O4S/c1-9-7-10(21(19,20)15-5-4-6-17)8-11-12(9)16-13(18)14(11,2)3/h7-8,15,17H,4-6H2,1-3H3,(H,16,18). The van der Waals surface area contributed by atoms with E-state index in [2.05, 4.69) is 10.0 Å². The van der Waals surface area contributed by atoms with Gasteiger partial charge in [-0.1, -0.05) is 0 Å². The fourth-order valence-corrected chi connectivity index (χ4v) is 3.51. The molecule has 0 fully saturated rings. The number of fused-ring (bicyclic) bond motifs is 1. The van der Waals surface area contributed by atoms with Crippen LogP contribution in [-0.4, -0.2) is 32.6 Å². The largest absolute Gasteiger partial charge is 0.396 e. The second-order valence-corrected chi connectivity index (χ2v) is 7.48. The minimum Gasteiger partial charge on any atom is -0.396 e. The molecule has 1 aromatic carbocycles. The fraction of sp³-hybridized carbons (Fsp3) is 0.500. The molecule has 0 spiro atoms. The number of rotatable bonds is 5. The molecule has 0 radical (unpaired) electrons. The molecule has 0 aromatic heterocycles. The minimum atomic E-state index is -3.64. The van der Waals surface area contributed by atoms with E-state index < -0.39 is 15.4 Å². The van der Waals surface area contributed by atoms with Gasteiger partial charge in [0.2, 0.25) is 15.9 Å².